The fourth-order valence-corrected chi connectivity index (χ4v) is 1.63. The quantitative estimate of drug-likeness (QED) is 0.717. The van der Waals surface area contributed by atoms with Gasteiger partial charge in [-0.25, -0.2) is 9.97 Å². The molecule has 5 heteroatoms. The van der Waals surface area contributed by atoms with Crippen LogP contribution in [0.3, 0.4) is 0 Å². The number of aromatic nitrogens is 2. The van der Waals surface area contributed by atoms with E-state index in [1.807, 2.05) is 6.92 Å². The average Bonchev–Trinajstić information content (AvgIpc) is 2.30. The fraction of sp³-hybridized carbons (Fsp3) is 0.636. The number of hydrogen-bond acceptors (Lipinski definition) is 4. The number of likely N-dealkylation sites (N-methyl/N-ethyl adjacent to an activating group) is 1. The van der Waals surface area contributed by atoms with E-state index in [2.05, 4.69) is 21.8 Å². The standard InChI is InChI=1S/C11H18ClN3O/c1-4-15(5-6-16-3)11-13-8-10(7-12)9(2)14-11/h8H,4-7H2,1-3H3. The van der Waals surface area contributed by atoms with Gasteiger partial charge in [0.2, 0.25) is 5.95 Å². The molecule has 1 aromatic heterocycles. The van der Waals surface area contributed by atoms with Gasteiger partial charge in [-0.2, -0.15) is 0 Å². The van der Waals surface area contributed by atoms with Crippen molar-refractivity contribution in [3.05, 3.63) is 17.5 Å². The lowest BCUT2D eigenvalue weighted by Gasteiger charge is -2.20. The summed E-state index contributed by atoms with van der Waals surface area (Å²) in [6, 6.07) is 0. The van der Waals surface area contributed by atoms with Gasteiger partial charge in [0.25, 0.3) is 0 Å². The Morgan fingerprint density at radius 3 is 2.75 bits per heavy atom. The summed E-state index contributed by atoms with van der Waals surface area (Å²) in [7, 11) is 1.69. The molecule has 0 spiro atoms. The predicted octanol–water partition coefficient (Wildman–Crippen LogP) is 2.00. The van der Waals surface area contributed by atoms with Crippen molar-refractivity contribution >= 4 is 17.5 Å². The highest BCUT2D eigenvalue weighted by atomic mass is 35.5. The van der Waals surface area contributed by atoms with Gasteiger partial charge >= 0.3 is 0 Å². The third-order valence-corrected chi connectivity index (χ3v) is 2.73. The summed E-state index contributed by atoms with van der Waals surface area (Å²) in [6.45, 7) is 6.36. The maximum Gasteiger partial charge on any atom is 0.225 e. The van der Waals surface area contributed by atoms with Crippen LogP contribution in [0.15, 0.2) is 6.20 Å². The van der Waals surface area contributed by atoms with E-state index in [0.29, 0.717) is 12.5 Å². The molecular weight excluding hydrogens is 226 g/mol. The van der Waals surface area contributed by atoms with Gasteiger partial charge in [-0.1, -0.05) is 0 Å². The molecule has 0 bridgehead atoms. The zero-order chi connectivity index (χ0) is 12.0. The first-order valence-electron chi connectivity index (χ1n) is 5.35. The van der Waals surface area contributed by atoms with Gasteiger partial charge in [-0.15, -0.1) is 11.6 Å². The average molecular weight is 244 g/mol. The van der Waals surface area contributed by atoms with Crippen LogP contribution in [0.5, 0.6) is 0 Å². The molecule has 0 saturated heterocycles. The molecular formula is C11H18ClN3O. The number of halogens is 1. The van der Waals surface area contributed by atoms with Crippen LogP contribution in [0.2, 0.25) is 0 Å². The molecule has 0 atom stereocenters. The van der Waals surface area contributed by atoms with E-state index >= 15 is 0 Å². The van der Waals surface area contributed by atoms with Crippen LogP contribution in [0.25, 0.3) is 0 Å². The Bertz CT molecular complexity index is 333. The van der Waals surface area contributed by atoms with Crippen LogP contribution >= 0.6 is 11.6 Å². The van der Waals surface area contributed by atoms with Crippen molar-refractivity contribution in [1.82, 2.24) is 9.97 Å². The van der Waals surface area contributed by atoms with Crippen LogP contribution in [0.1, 0.15) is 18.2 Å². The molecule has 0 saturated carbocycles. The molecule has 16 heavy (non-hydrogen) atoms. The van der Waals surface area contributed by atoms with E-state index in [1.165, 1.54) is 0 Å². The molecule has 0 radical (unpaired) electrons. The summed E-state index contributed by atoms with van der Waals surface area (Å²) in [5, 5.41) is 0. The van der Waals surface area contributed by atoms with Crippen LogP contribution in [0.4, 0.5) is 5.95 Å². The summed E-state index contributed by atoms with van der Waals surface area (Å²) in [4.78, 5) is 10.8. The highest BCUT2D eigenvalue weighted by molar-refractivity contribution is 6.17. The maximum absolute atomic E-state index is 5.77. The lowest BCUT2D eigenvalue weighted by molar-refractivity contribution is 0.205. The van der Waals surface area contributed by atoms with E-state index in [0.717, 1.165) is 30.3 Å². The highest BCUT2D eigenvalue weighted by Gasteiger charge is 2.08. The van der Waals surface area contributed by atoms with E-state index < -0.39 is 0 Å². The number of rotatable bonds is 6. The van der Waals surface area contributed by atoms with Crippen LogP contribution in [-0.4, -0.2) is 36.8 Å². The van der Waals surface area contributed by atoms with Gasteiger partial charge in [-0.05, 0) is 13.8 Å². The number of aryl methyl sites for hydroxylation is 1. The van der Waals surface area contributed by atoms with Crippen molar-refractivity contribution in [1.29, 1.82) is 0 Å². The molecule has 0 aliphatic carbocycles. The molecule has 4 nitrogen and oxygen atoms in total. The van der Waals surface area contributed by atoms with E-state index in [-0.39, 0.29) is 0 Å². The molecule has 90 valence electrons. The number of nitrogens with zero attached hydrogens (tertiary/aromatic N) is 3. The van der Waals surface area contributed by atoms with Gasteiger partial charge in [-0.3, -0.25) is 0 Å². The van der Waals surface area contributed by atoms with Gasteiger partial charge in [0.1, 0.15) is 0 Å². The van der Waals surface area contributed by atoms with Crippen molar-refractivity contribution < 1.29 is 4.74 Å². The van der Waals surface area contributed by atoms with Crippen molar-refractivity contribution in [2.45, 2.75) is 19.7 Å². The van der Waals surface area contributed by atoms with Crippen molar-refractivity contribution in [2.24, 2.45) is 0 Å². The van der Waals surface area contributed by atoms with Gasteiger partial charge in [0, 0.05) is 37.7 Å². The summed E-state index contributed by atoms with van der Waals surface area (Å²) in [5.41, 5.74) is 1.92. The lowest BCUT2D eigenvalue weighted by atomic mass is 10.3. The molecule has 0 unspecified atom stereocenters. The molecule has 0 fully saturated rings. The second-order valence-corrected chi connectivity index (χ2v) is 3.75. The maximum atomic E-state index is 5.77. The second kappa shape index (κ2) is 6.66. The molecule has 0 aliphatic heterocycles. The van der Waals surface area contributed by atoms with Crippen molar-refractivity contribution in [3.8, 4) is 0 Å². The largest absolute Gasteiger partial charge is 0.383 e. The zero-order valence-electron chi connectivity index (χ0n) is 10.0. The highest BCUT2D eigenvalue weighted by Crippen LogP contribution is 2.12. The third kappa shape index (κ3) is 3.32. The van der Waals surface area contributed by atoms with Crippen LogP contribution in [-0.2, 0) is 10.6 Å². The Morgan fingerprint density at radius 1 is 1.50 bits per heavy atom. The first kappa shape index (κ1) is 13.2. The molecule has 0 N–H and O–H groups in total. The molecule has 0 aromatic carbocycles. The van der Waals surface area contributed by atoms with Crippen molar-refractivity contribution in [3.63, 3.8) is 0 Å². The van der Waals surface area contributed by atoms with Crippen LogP contribution in [0, 0.1) is 6.92 Å². The van der Waals surface area contributed by atoms with Gasteiger partial charge in [0.15, 0.2) is 0 Å². The van der Waals surface area contributed by atoms with E-state index in [4.69, 9.17) is 16.3 Å². The summed E-state index contributed by atoms with van der Waals surface area (Å²) in [6.07, 6.45) is 1.79. The SMILES string of the molecule is CCN(CCOC)c1ncc(CCl)c(C)n1. The smallest absolute Gasteiger partial charge is 0.225 e. The minimum Gasteiger partial charge on any atom is -0.383 e. The Kier molecular flexibility index (Phi) is 5.49. The minimum atomic E-state index is 0.455. The number of ether oxygens (including phenoxy) is 1. The molecule has 1 heterocycles. The normalized spacial score (nSPS) is 10.5. The van der Waals surface area contributed by atoms with Crippen LogP contribution < -0.4 is 4.90 Å². The number of methoxy groups -OCH3 is 1. The molecule has 0 amide bonds. The molecule has 1 rings (SSSR count). The molecule has 1 aromatic rings. The summed E-state index contributed by atoms with van der Waals surface area (Å²) in [5.74, 6) is 1.20. The van der Waals surface area contributed by atoms with E-state index in [9.17, 15) is 0 Å². The monoisotopic (exact) mass is 243 g/mol. The molecule has 0 aliphatic rings. The van der Waals surface area contributed by atoms with E-state index in [1.54, 1.807) is 13.3 Å². The van der Waals surface area contributed by atoms with Gasteiger partial charge in [0.05, 0.1) is 12.5 Å². The topological polar surface area (TPSA) is 38.2 Å². The zero-order valence-corrected chi connectivity index (χ0v) is 10.8. The number of hydrogen-bond donors (Lipinski definition) is 0. The number of anilines is 1. The number of alkyl halides is 1. The second-order valence-electron chi connectivity index (χ2n) is 3.49. The minimum absolute atomic E-state index is 0.455. The Labute approximate surface area is 102 Å². The summed E-state index contributed by atoms with van der Waals surface area (Å²) < 4.78 is 5.05. The van der Waals surface area contributed by atoms with Crippen molar-refractivity contribution in [2.75, 3.05) is 31.7 Å². The fourth-order valence-electron chi connectivity index (χ4n) is 1.36. The van der Waals surface area contributed by atoms with Gasteiger partial charge < -0.3 is 9.64 Å². The Morgan fingerprint density at radius 2 is 2.25 bits per heavy atom. The first-order chi connectivity index (χ1) is 7.72. The predicted molar refractivity (Wildman–Crippen MR) is 66.1 cm³/mol. The Hall–Kier alpha value is -0.870. The Balaban J connectivity index is 2.80. The first-order valence-corrected chi connectivity index (χ1v) is 5.88. The summed E-state index contributed by atoms with van der Waals surface area (Å²) >= 11 is 5.77. The lowest BCUT2D eigenvalue weighted by Crippen LogP contribution is -2.28. The third-order valence-electron chi connectivity index (χ3n) is 2.44.